The van der Waals surface area contributed by atoms with E-state index in [0.29, 0.717) is 18.1 Å². The Hall–Kier alpha value is -1.11. The van der Waals surface area contributed by atoms with E-state index in [-0.39, 0.29) is 16.0 Å². The van der Waals surface area contributed by atoms with Gasteiger partial charge in [-0.3, -0.25) is 0 Å². The smallest absolute Gasteiger partial charge is 0.239 e. The van der Waals surface area contributed by atoms with Crippen molar-refractivity contribution >= 4 is 27.5 Å². The Balaban J connectivity index is 2.26. The maximum Gasteiger partial charge on any atom is 0.239 e. The second-order valence-corrected chi connectivity index (χ2v) is 6.67. The predicted molar refractivity (Wildman–Crippen MR) is 78.6 cm³/mol. The summed E-state index contributed by atoms with van der Waals surface area (Å²) < 4.78 is 28.4. The molecule has 0 saturated carbocycles. The maximum absolute atomic E-state index is 11.4. The van der Waals surface area contributed by atoms with Crippen molar-refractivity contribution < 1.29 is 13.2 Å². The molecule has 2 rings (SSSR count). The Kier molecular flexibility index (Phi) is 4.67. The highest BCUT2D eigenvalue weighted by Crippen LogP contribution is 2.24. The molecule has 1 unspecified atom stereocenters. The van der Waals surface area contributed by atoms with E-state index in [0.717, 1.165) is 19.3 Å². The third-order valence-electron chi connectivity index (χ3n) is 3.09. The van der Waals surface area contributed by atoms with Gasteiger partial charge in [-0.2, -0.15) is 0 Å². The molecule has 0 spiro atoms. The molecule has 0 saturated heterocycles. The van der Waals surface area contributed by atoms with Gasteiger partial charge in [0.1, 0.15) is 11.5 Å². The molecule has 1 heterocycles. The van der Waals surface area contributed by atoms with Gasteiger partial charge in [-0.1, -0.05) is 31.4 Å². The molecule has 0 aliphatic carbocycles. The average molecular weight is 317 g/mol. The third kappa shape index (κ3) is 3.50. The molecule has 0 fully saturated rings. The highest BCUT2D eigenvalue weighted by atomic mass is 35.5. The van der Waals surface area contributed by atoms with Crippen LogP contribution < -0.4 is 5.14 Å². The summed E-state index contributed by atoms with van der Waals surface area (Å²) in [7, 11) is -3.86. The van der Waals surface area contributed by atoms with E-state index in [1.165, 1.54) is 12.1 Å². The molecule has 0 radical (unpaired) electrons. The van der Waals surface area contributed by atoms with Crippen LogP contribution in [0.3, 0.4) is 0 Å². The fraction of sp³-hybridized carbons (Fsp3) is 0.462. The number of benzene rings is 1. The van der Waals surface area contributed by atoms with Crippen LogP contribution in [0.4, 0.5) is 0 Å². The number of nitrogens with zero attached hydrogens (tertiary/aromatic N) is 1. The lowest BCUT2D eigenvalue weighted by Crippen LogP contribution is -2.14. The van der Waals surface area contributed by atoms with Crippen LogP contribution in [0.5, 0.6) is 0 Å². The second kappa shape index (κ2) is 6.11. The van der Waals surface area contributed by atoms with E-state index in [4.69, 9.17) is 21.5 Å². The lowest BCUT2D eigenvalue weighted by Gasteiger charge is -2.05. The summed E-state index contributed by atoms with van der Waals surface area (Å²) in [6.45, 7) is 2.65. The monoisotopic (exact) mass is 316 g/mol. The molecule has 1 aromatic carbocycles. The van der Waals surface area contributed by atoms with Crippen molar-refractivity contribution in [1.29, 1.82) is 0 Å². The van der Waals surface area contributed by atoms with Gasteiger partial charge >= 0.3 is 0 Å². The average Bonchev–Trinajstić information content (AvgIpc) is 2.84. The minimum absolute atomic E-state index is 0.0948. The van der Waals surface area contributed by atoms with Gasteiger partial charge in [0, 0.05) is 5.56 Å². The van der Waals surface area contributed by atoms with Crippen molar-refractivity contribution in [3.05, 3.63) is 28.8 Å². The number of aliphatic imine (C=N–C) groups is 1. The Morgan fingerprint density at radius 2 is 2.25 bits per heavy atom. The molecule has 110 valence electrons. The number of hydrogen-bond donors (Lipinski definition) is 1. The molecule has 20 heavy (non-hydrogen) atoms. The summed E-state index contributed by atoms with van der Waals surface area (Å²) in [5.41, 5.74) is 0.581. The van der Waals surface area contributed by atoms with Crippen molar-refractivity contribution in [2.45, 2.75) is 37.1 Å². The normalized spacial score (nSPS) is 18.8. The lowest BCUT2D eigenvalue weighted by molar-refractivity contribution is 0.310. The highest BCUT2D eigenvalue weighted by Gasteiger charge is 2.22. The Morgan fingerprint density at radius 3 is 2.90 bits per heavy atom. The van der Waals surface area contributed by atoms with E-state index in [9.17, 15) is 8.42 Å². The molecule has 0 bridgehead atoms. The first-order valence-electron chi connectivity index (χ1n) is 6.45. The van der Waals surface area contributed by atoms with Gasteiger partial charge in [0.25, 0.3) is 0 Å². The van der Waals surface area contributed by atoms with Crippen LogP contribution in [0, 0.1) is 0 Å². The van der Waals surface area contributed by atoms with Crippen LogP contribution in [0.15, 0.2) is 28.1 Å². The van der Waals surface area contributed by atoms with Crippen molar-refractivity contribution in [2.75, 3.05) is 6.61 Å². The number of primary sulfonamides is 1. The molecule has 0 amide bonds. The zero-order valence-electron chi connectivity index (χ0n) is 11.2. The lowest BCUT2D eigenvalue weighted by atomic mass is 10.1. The standard InChI is InChI=1S/C13H17ClN2O3S/c1-2-3-4-10-8-19-13(16-10)9-5-6-11(14)12(7-9)20(15,17)18/h5-7,10H,2-4,8H2,1H3,(H2,15,17,18). The molecule has 2 N–H and O–H groups in total. The largest absolute Gasteiger partial charge is 0.475 e. The zero-order chi connectivity index (χ0) is 14.8. The number of ether oxygens (including phenoxy) is 1. The first-order chi connectivity index (χ1) is 9.41. The van der Waals surface area contributed by atoms with E-state index < -0.39 is 10.0 Å². The van der Waals surface area contributed by atoms with Crippen molar-refractivity contribution in [3.63, 3.8) is 0 Å². The van der Waals surface area contributed by atoms with E-state index in [1.807, 2.05) is 0 Å². The fourth-order valence-electron chi connectivity index (χ4n) is 2.02. The summed E-state index contributed by atoms with van der Waals surface area (Å²) >= 11 is 5.84. The number of sulfonamides is 1. The number of rotatable bonds is 5. The topological polar surface area (TPSA) is 81.8 Å². The number of halogens is 1. The maximum atomic E-state index is 11.4. The quantitative estimate of drug-likeness (QED) is 0.905. The van der Waals surface area contributed by atoms with Crippen LogP contribution in [0.25, 0.3) is 0 Å². The molecule has 1 atom stereocenters. The number of nitrogens with two attached hydrogens (primary N) is 1. The third-order valence-corrected chi connectivity index (χ3v) is 4.48. The van der Waals surface area contributed by atoms with Gasteiger partial charge < -0.3 is 4.74 Å². The molecule has 0 aromatic heterocycles. The molecular formula is C13H17ClN2O3S. The summed E-state index contributed by atoms with van der Waals surface area (Å²) in [4.78, 5) is 4.35. The first-order valence-corrected chi connectivity index (χ1v) is 8.37. The molecular weight excluding hydrogens is 300 g/mol. The molecule has 1 aliphatic rings. The van der Waals surface area contributed by atoms with Gasteiger partial charge in [0.2, 0.25) is 15.9 Å². The highest BCUT2D eigenvalue weighted by molar-refractivity contribution is 7.89. The zero-order valence-corrected chi connectivity index (χ0v) is 12.7. The van der Waals surface area contributed by atoms with Gasteiger partial charge in [0.15, 0.2) is 0 Å². The Morgan fingerprint density at radius 1 is 1.50 bits per heavy atom. The van der Waals surface area contributed by atoms with Gasteiger partial charge in [-0.15, -0.1) is 0 Å². The minimum Gasteiger partial charge on any atom is -0.475 e. The fourth-order valence-corrected chi connectivity index (χ4v) is 3.09. The number of hydrogen-bond acceptors (Lipinski definition) is 4. The molecule has 5 nitrogen and oxygen atoms in total. The minimum atomic E-state index is -3.86. The summed E-state index contributed by atoms with van der Waals surface area (Å²) in [5.74, 6) is 0.452. The van der Waals surface area contributed by atoms with Crippen LogP contribution >= 0.6 is 11.6 Å². The van der Waals surface area contributed by atoms with Crippen LogP contribution in [0.1, 0.15) is 31.7 Å². The Bertz CT molecular complexity index is 629. The van der Waals surface area contributed by atoms with Gasteiger partial charge in [-0.05, 0) is 24.6 Å². The van der Waals surface area contributed by atoms with Crippen LogP contribution in [0.2, 0.25) is 5.02 Å². The second-order valence-electron chi connectivity index (χ2n) is 4.73. The van der Waals surface area contributed by atoms with Crippen molar-refractivity contribution in [1.82, 2.24) is 0 Å². The molecule has 7 heteroatoms. The first kappa shape index (κ1) is 15.3. The summed E-state index contributed by atoms with van der Waals surface area (Å²) in [6, 6.07) is 4.71. The summed E-state index contributed by atoms with van der Waals surface area (Å²) in [6.07, 6.45) is 3.17. The van der Waals surface area contributed by atoms with E-state index in [1.54, 1.807) is 6.07 Å². The Labute approximate surface area is 123 Å². The van der Waals surface area contributed by atoms with E-state index in [2.05, 4.69) is 11.9 Å². The SMILES string of the molecule is CCCCC1COC(c2ccc(Cl)c(S(N)(=O)=O)c2)=N1. The molecule has 1 aliphatic heterocycles. The van der Waals surface area contributed by atoms with Crippen molar-refractivity contribution in [2.24, 2.45) is 10.1 Å². The van der Waals surface area contributed by atoms with Gasteiger partial charge in [-0.25, -0.2) is 18.5 Å². The van der Waals surface area contributed by atoms with E-state index >= 15 is 0 Å². The molecule has 1 aromatic rings. The van der Waals surface area contributed by atoms with Crippen molar-refractivity contribution in [3.8, 4) is 0 Å². The van der Waals surface area contributed by atoms with Crippen LogP contribution in [-0.4, -0.2) is 27.0 Å². The predicted octanol–water partition coefficient (Wildman–Crippen LogP) is 2.32. The van der Waals surface area contributed by atoms with Crippen LogP contribution in [-0.2, 0) is 14.8 Å². The summed E-state index contributed by atoms with van der Waals surface area (Å²) in [5, 5.41) is 5.22. The number of unbranched alkanes of at least 4 members (excludes halogenated alkanes) is 1. The van der Waals surface area contributed by atoms with Gasteiger partial charge in [0.05, 0.1) is 11.1 Å².